The van der Waals surface area contributed by atoms with Crippen molar-refractivity contribution in [2.45, 2.75) is 12.5 Å². The zero-order valence-corrected chi connectivity index (χ0v) is 15.8. The third-order valence-corrected chi connectivity index (χ3v) is 4.71. The lowest BCUT2D eigenvalue weighted by Crippen LogP contribution is -2.45. The van der Waals surface area contributed by atoms with Gasteiger partial charge in [-0.2, -0.15) is 0 Å². The molecule has 0 aliphatic heterocycles. The fraction of sp³-hybridized carbons (Fsp3) is 0.0909. The molecule has 0 aliphatic rings. The molecule has 1 atom stereocenters. The summed E-state index contributed by atoms with van der Waals surface area (Å²) in [6, 6.07) is 13.5. The Labute approximate surface area is 171 Å². The number of halogens is 1. The summed E-state index contributed by atoms with van der Waals surface area (Å²) in [5.74, 6) is -0.933. The number of hydrogen-bond acceptors (Lipinski definition) is 4. The van der Waals surface area contributed by atoms with E-state index in [2.05, 4.69) is 20.3 Å². The highest BCUT2D eigenvalue weighted by molar-refractivity contribution is 6.06. The molecule has 0 bridgehead atoms. The van der Waals surface area contributed by atoms with Crippen molar-refractivity contribution in [3.05, 3.63) is 83.9 Å². The smallest absolute Gasteiger partial charge is 0.254 e. The summed E-state index contributed by atoms with van der Waals surface area (Å²) in [6.07, 6.45) is 3.46. The van der Waals surface area contributed by atoms with Crippen LogP contribution in [0.5, 0.6) is 0 Å². The van der Waals surface area contributed by atoms with Gasteiger partial charge in [0.2, 0.25) is 5.91 Å². The molecule has 30 heavy (non-hydrogen) atoms. The molecule has 4 N–H and O–H groups in total. The number of hydrogen-bond donors (Lipinski definition) is 3. The number of pyridine rings is 1. The number of aromatic amines is 1. The predicted molar refractivity (Wildman–Crippen MR) is 110 cm³/mol. The van der Waals surface area contributed by atoms with Crippen LogP contribution in [0, 0.1) is 5.82 Å². The normalized spacial score (nSPS) is 11.9. The lowest BCUT2D eigenvalue weighted by Gasteiger charge is -2.16. The number of rotatable bonds is 6. The van der Waals surface area contributed by atoms with E-state index in [1.165, 1.54) is 12.1 Å². The number of para-hydroxylation sites is 1. The van der Waals surface area contributed by atoms with Crippen LogP contribution < -0.4 is 11.1 Å². The number of primary amides is 1. The fourth-order valence-electron chi connectivity index (χ4n) is 3.18. The molecule has 8 heteroatoms. The second-order valence-electron chi connectivity index (χ2n) is 6.78. The number of fused-ring (bicyclic) bond motifs is 1. The van der Waals surface area contributed by atoms with Crippen LogP contribution in [-0.2, 0) is 11.2 Å². The standard InChI is InChI=1S/C22H18FN5O2/c23-15-6-4-13(5-7-15)12-18(20(24)29)27-22(30)16-2-1-3-17-19(16)28-21(26-17)14-8-10-25-11-9-14/h1-11,18H,12H2,(H2,24,29)(H,26,28)(H,27,30)/t18-/m0/s1. The number of amides is 2. The summed E-state index contributed by atoms with van der Waals surface area (Å²) < 4.78 is 13.1. The van der Waals surface area contributed by atoms with Crippen LogP contribution in [0.15, 0.2) is 67.0 Å². The van der Waals surface area contributed by atoms with Crippen LogP contribution in [-0.4, -0.2) is 32.8 Å². The Balaban J connectivity index is 1.60. The Kier molecular flexibility index (Phi) is 5.21. The van der Waals surface area contributed by atoms with E-state index < -0.39 is 17.9 Å². The van der Waals surface area contributed by atoms with E-state index in [4.69, 9.17) is 5.73 Å². The molecular weight excluding hydrogens is 385 g/mol. The lowest BCUT2D eigenvalue weighted by molar-refractivity contribution is -0.119. The first-order chi connectivity index (χ1) is 14.5. The van der Waals surface area contributed by atoms with Gasteiger partial charge in [0, 0.05) is 24.4 Å². The van der Waals surface area contributed by atoms with Gasteiger partial charge in [-0.3, -0.25) is 14.6 Å². The molecule has 2 aromatic carbocycles. The van der Waals surface area contributed by atoms with E-state index in [0.717, 1.165) is 5.56 Å². The topological polar surface area (TPSA) is 114 Å². The first kappa shape index (κ1) is 19.3. The number of H-pyrrole nitrogens is 1. The SMILES string of the molecule is NC(=O)[C@H](Cc1ccc(F)cc1)NC(=O)c1cccc2[nH]c(-c3ccncc3)nc12. The average molecular weight is 403 g/mol. The largest absolute Gasteiger partial charge is 0.368 e. The zero-order valence-electron chi connectivity index (χ0n) is 15.8. The Bertz CT molecular complexity index is 1210. The number of imidazole rings is 1. The third kappa shape index (κ3) is 4.02. The molecule has 0 fully saturated rings. The quantitative estimate of drug-likeness (QED) is 0.459. The summed E-state index contributed by atoms with van der Waals surface area (Å²) in [5.41, 5.74) is 8.47. The maximum absolute atomic E-state index is 13.1. The molecule has 7 nitrogen and oxygen atoms in total. The van der Waals surface area contributed by atoms with E-state index in [0.29, 0.717) is 28.0 Å². The highest BCUT2D eigenvalue weighted by Crippen LogP contribution is 2.22. The van der Waals surface area contributed by atoms with Crippen molar-refractivity contribution in [1.29, 1.82) is 0 Å². The number of carbonyl (C=O) groups is 2. The van der Waals surface area contributed by atoms with E-state index in [1.807, 2.05) is 18.2 Å². The highest BCUT2D eigenvalue weighted by atomic mass is 19.1. The second kappa shape index (κ2) is 8.12. The molecule has 4 aromatic rings. The van der Waals surface area contributed by atoms with E-state index in [9.17, 15) is 14.0 Å². The third-order valence-electron chi connectivity index (χ3n) is 4.71. The molecular formula is C22H18FN5O2. The predicted octanol–water partition coefficient (Wildman–Crippen LogP) is 2.59. The molecule has 2 heterocycles. The molecule has 150 valence electrons. The van der Waals surface area contributed by atoms with Crippen molar-refractivity contribution < 1.29 is 14.0 Å². The fourth-order valence-corrected chi connectivity index (χ4v) is 3.18. The summed E-state index contributed by atoms with van der Waals surface area (Å²) in [4.78, 5) is 36.5. The van der Waals surface area contributed by atoms with Crippen LogP contribution in [0.4, 0.5) is 4.39 Å². The number of carbonyl (C=O) groups excluding carboxylic acids is 2. The van der Waals surface area contributed by atoms with Crippen molar-refractivity contribution in [3.63, 3.8) is 0 Å². The summed E-state index contributed by atoms with van der Waals surface area (Å²) in [5, 5.41) is 2.67. The molecule has 0 unspecified atom stereocenters. The monoisotopic (exact) mass is 403 g/mol. The Hall–Kier alpha value is -4.07. The molecule has 2 amide bonds. The van der Waals surface area contributed by atoms with Gasteiger partial charge in [0.05, 0.1) is 11.1 Å². The lowest BCUT2D eigenvalue weighted by atomic mass is 10.0. The second-order valence-corrected chi connectivity index (χ2v) is 6.78. The van der Waals surface area contributed by atoms with Gasteiger partial charge in [0.1, 0.15) is 23.2 Å². The molecule has 0 saturated heterocycles. The molecule has 4 rings (SSSR count). The van der Waals surface area contributed by atoms with Crippen LogP contribution in [0.25, 0.3) is 22.4 Å². The van der Waals surface area contributed by atoms with Crippen LogP contribution >= 0.6 is 0 Å². The van der Waals surface area contributed by atoms with Crippen molar-refractivity contribution in [2.75, 3.05) is 0 Å². The summed E-state index contributed by atoms with van der Waals surface area (Å²) >= 11 is 0. The minimum atomic E-state index is -0.947. The van der Waals surface area contributed by atoms with Gasteiger partial charge in [-0.15, -0.1) is 0 Å². The first-order valence-corrected chi connectivity index (χ1v) is 9.25. The van der Waals surface area contributed by atoms with Crippen molar-refractivity contribution in [2.24, 2.45) is 5.73 Å². The van der Waals surface area contributed by atoms with Crippen LogP contribution in [0.2, 0.25) is 0 Å². The number of nitrogens with two attached hydrogens (primary N) is 1. The molecule has 0 saturated carbocycles. The van der Waals surface area contributed by atoms with Crippen molar-refractivity contribution in [1.82, 2.24) is 20.3 Å². The molecule has 0 aliphatic carbocycles. The first-order valence-electron chi connectivity index (χ1n) is 9.25. The van der Waals surface area contributed by atoms with Gasteiger partial charge in [-0.05, 0) is 42.0 Å². The van der Waals surface area contributed by atoms with E-state index in [-0.39, 0.29) is 12.2 Å². The number of aromatic nitrogens is 3. The molecule has 2 aromatic heterocycles. The Morgan fingerprint density at radius 2 is 1.80 bits per heavy atom. The van der Waals surface area contributed by atoms with Gasteiger partial charge in [-0.25, -0.2) is 9.37 Å². The van der Waals surface area contributed by atoms with Crippen molar-refractivity contribution >= 4 is 22.8 Å². The zero-order chi connectivity index (χ0) is 21.1. The van der Waals surface area contributed by atoms with Crippen LogP contribution in [0.3, 0.4) is 0 Å². The van der Waals surface area contributed by atoms with Gasteiger partial charge >= 0.3 is 0 Å². The van der Waals surface area contributed by atoms with E-state index >= 15 is 0 Å². The maximum atomic E-state index is 13.1. The van der Waals surface area contributed by atoms with E-state index in [1.54, 1.807) is 36.7 Å². The maximum Gasteiger partial charge on any atom is 0.254 e. The minimum Gasteiger partial charge on any atom is -0.368 e. The van der Waals surface area contributed by atoms with Gasteiger partial charge < -0.3 is 16.0 Å². The Morgan fingerprint density at radius 3 is 2.50 bits per heavy atom. The molecule has 0 radical (unpaired) electrons. The number of benzene rings is 2. The average Bonchev–Trinajstić information content (AvgIpc) is 3.19. The van der Waals surface area contributed by atoms with Gasteiger partial charge in [-0.1, -0.05) is 18.2 Å². The van der Waals surface area contributed by atoms with Crippen LogP contribution in [0.1, 0.15) is 15.9 Å². The van der Waals surface area contributed by atoms with Crippen molar-refractivity contribution in [3.8, 4) is 11.4 Å². The Morgan fingerprint density at radius 1 is 1.07 bits per heavy atom. The summed E-state index contributed by atoms with van der Waals surface area (Å²) in [7, 11) is 0. The van der Waals surface area contributed by atoms with Gasteiger partial charge in [0.25, 0.3) is 5.91 Å². The minimum absolute atomic E-state index is 0.153. The number of nitrogens with zero attached hydrogens (tertiary/aromatic N) is 2. The number of nitrogens with one attached hydrogen (secondary N) is 2. The summed E-state index contributed by atoms with van der Waals surface area (Å²) in [6.45, 7) is 0. The molecule has 0 spiro atoms. The highest BCUT2D eigenvalue weighted by Gasteiger charge is 2.22. The van der Waals surface area contributed by atoms with Gasteiger partial charge in [0.15, 0.2) is 0 Å².